The standard InChI is InChI=1S/C17H17ClN2O3S2/c1-20-15-9-8-13(11-16(15)24-17(20)21)25(22,23)19-10-4-6-12-5-2-3-7-14(12)18/h2-3,5,7-9,11,19H,4,6,10H2,1H3. The topological polar surface area (TPSA) is 68.2 Å². The lowest BCUT2D eigenvalue weighted by Gasteiger charge is -2.08. The van der Waals surface area contributed by atoms with Gasteiger partial charge in [-0.25, -0.2) is 13.1 Å². The van der Waals surface area contributed by atoms with Crippen molar-refractivity contribution in [2.75, 3.05) is 6.54 Å². The van der Waals surface area contributed by atoms with Gasteiger partial charge >= 0.3 is 4.87 Å². The molecule has 25 heavy (non-hydrogen) atoms. The Morgan fingerprint density at radius 3 is 2.72 bits per heavy atom. The molecule has 5 nitrogen and oxygen atoms in total. The third-order valence-corrected chi connectivity index (χ3v) is 6.77. The van der Waals surface area contributed by atoms with Crippen LogP contribution in [0.3, 0.4) is 0 Å². The first-order chi connectivity index (χ1) is 11.9. The van der Waals surface area contributed by atoms with Crippen molar-refractivity contribution in [3.05, 3.63) is 62.7 Å². The van der Waals surface area contributed by atoms with Gasteiger partial charge in [0.05, 0.1) is 15.1 Å². The normalized spacial score (nSPS) is 11.9. The van der Waals surface area contributed by atoms with Crippen LogP contribution < -0.4 is 9.60 Å². The Balaban J connectivity index is 1.67. The average molecular weight is 397 g/mol. The zero-order valence-electron chi connectivity index (χ0n) is 13.5. The van der Waals surface area contributed by atoms with Crippen molar-refractivity contribution in [3.8, 4) is 0 Å². The van der Waals surface area contributed by atoms with Crippen molar-refractivity contribution < 1.29 is 8.42 Å². The smallest absolute Gasteiger partial charge is 0.302 e. The van der Waals surface area contributed by atoms with Gasteiger partial charge in [-0.1, -0.05) is 41.1 Å². The molecule has 0 radical (unpaired) electrons. The minimum atomic E-state index is -3.61. The second kappa shape index (κ2) is 7.29. The Kier molecular flexibility index (Phi) is 5.29. The molecule has 0 saturated carbocycles. The van der Waals surface area contributed by atoms with Gasteiger partial charge in [0.1, 0.15) is 0 Å². The number of aromatic nitrogens is 1. The Hall–Kier alpha value is -1.67. The van der Waals surface area contributed by atoms with E-state index in [0.29, 0.717) is 29.1 Å². The van der Waals surface area contributed by atoms with Crippen LogP contribution in [0.2, 0.25) is 5.02 Å². The van der Waals surface area contributed by atoms with Crippen LogP contribution in [0.4, 0.5) is 0 Å². The van der Waals surface area contributed by atoms with Gasteiger partial charge in [0, 0.05) is 18.6 Å². The summed E-state index contributed by atoms with van der Waals surface area (Å²) < 4.78 is 29.6. The summed E-state index contributed by atoms with van der Waals surface area (Å²) in [5.41, 5.74) is 1.73. The van der Waals surface area contributed by atoms with Crippen LogP contribution in [0.15, 0.2) is 52.2 Å². The third-order valence-electron chi connectivity index (χ3n) is 3.95. The first kappa shape index (κ1) is 18.1. The fourth-order valence-electron chi connectivity index (χ4n) is 2.55. The summed E-state index contributed by atoms with van der Waals surface area (Å²) >= 11 is 7.13. The van der Waals surface area contributed by atoms with Crippen molar-refractivity contribution >= 4 is 43.2 Å². The van der Waals surface area contributed by atoms with Crippen LogP contribution >= 0.6 is 22.9 Å². The first-order valence-corrected chi connectivity index (χ1v) is 10.4. The molecule has 3 aromatic rings. The molecule has 0 atom stereocenters. The highest BCUT2D eigenvalue weighted by molar-refractivity contribution is 7.89. The van der Waals surface area contributed by atoms with Crippen LogP contribution in [0, 0.1) is 0 Å². The number of nitrogens with one attached hydrogen (secondary N) is 1. The molecule has 2 aromatic carbocycles. The highest BCUT2D eigenvalue weighted by atomic mass is 35.5. The van der Waals surface area contributed by atoms with Crippen molar-refractivity contribution in [2.24, 2.45) is 7.05 Å². The molecule has 0 aliphatic heterocycles. The molecule has 3 rings (SSSR count). The van der Waals surface area contributed by atoms with Crippen LogP contribution in [-0.4, -0.2) is 19.5 Å². The van der Waals surface area contributed by atoms with Crippen LogP contribution in [0.25, 0.3) is 10.2 Å². The first-order valence-electron chi connectivity index (χ1n) is 7.71. The van der Waals surface area contributed by atoms with Crippen LogP contribution in [0.1, 0.15) is 12.0 Å². The van der Waals surface area contributed by atoms with Crippen LogP contribution in [-0.2, 0) is 23.5 Å². The fourth-order valence-corrected chi connectivity index (χ4v) is 4.87. The summed E-state index contributed by atoms with van der Waals surface area (Å²) in [6, 6.07) is 12.2. The number of thiazole rings is 1. The largest absolute Gasteiger partial charge is 0.307 e. The van der Waals surface area contributed by atoms with Gasteiger partial charge in [0.15, 0.2) is 0 Å². The number of hydrogen-bond donors (Lipinski definition) is 1. The Morgan fingerprint density at radius 1 is 1.20 bits per heavy atom. The van der Waals surface area contributed by atoms with Gasteiger partial charge in [-0.2, -0.15) is 0 Å². The Morgan fingerprint density at radius 2 is 1.96 bits per heavy atom. The molecule has 1 N–H and O–H groups in total. The molecule has 0 unspecified atom stereocenters. The van der Waals surface area contributed by atoms with Crippen molar-refractivity contribution in [2.45, 2.75) is 17.7 Å². The molecule has 8 heteroatoms. The average Bonchev–Trinajstić information content (AvgIpc) is 2.87. The molecule has 0 amide bonds. The lowest BCUT2D eigenvalue weighted by Crippen LogP contribution is -2.25. The molecule has 0 aliphatic rings. The molecule has 0 spiro atoms. The molecule has 0 bridgehead atoms. The molecule has 1 heterocycles. The van der Waals surface area contributed by atoms with E-state index in [1.807, 2.05) is 24.3 Å². The zero-order chi connectivity index (χ0) is 18.0. The second-order valence-electron chi connectivity index (χ2n) is 5.65. The molecular formula is C17H17ClN2O3S2. The SMILES string of the molecule is Cn1c(=O)sc2cc(S(=O)(=O)NCCCc3ccccc3Cl)ccc21. The summed E-state index contributed by atoms with van der Waals surface area (Å²) in [6.45, 7) is 0.316. The number of benzene rings is 2. The van der Waals surface area contributed by atoms with E-state index in [9.17, 15) is 13.2 Å². The summed E-state index contributed by atoms with van der Waals surface area (Å²) in [5.74, 6) is 0. The van der Waals surface area contributed by atoms with E-state index in [1.54, 1.807) is 13.1 Å². The predicted octanol–water partition coefficient (Wildman–Crippen LogP) is 3.16. The van der Waals surface area contributed by atoms with Gasteiger partial charge in [0.2, 0.25) is 10.0 Å². The van der Waals surface area contributed by atoms with E-state index in [2.05, 4.69) is 4.72 Å². The van der Waals surface area contributed by atoms with Gasteiger partial charge in [-0.15, -0.1) is 0 Å². The molecule has 132 valence electrons. The van der Waals surface area contributed by atoms with Crippen molar-refractivity contribution in [1.29, 1.82) is 0 Å². The predicted molar refractivity (Wildman–Crippen MR) is 102 cm³/mol. The number of fused-ring (bicyclic) bond motifs is 1. The molecular weight excluding hydrogens is 380 g/mol. The molecule has 0 saturated heterocycles. The van der Waals surface area contributed by atoms with Crippen molar-refractivity contribution in [1.82, 2.24) is 9.29 Å². The van der Waals surface area contributed by atoms with E-state index in [0.717, 1.165) is 22.4 Å². The van der Waals surface area contributed by atoms with E-state index < -0.39 is 10.0 Å². The maximum Gasteiger partial charge on any atom is 0.307 e. The number of hydrogen-bond acceptors (Lipinski definition) is 4. The highest BCUT2D eigenvalue weighted by Gasteiger charge is 2.15. The molecule has 0 aliphatic carbocycles. The van der Waals surface area contributed by atoms with E-state index in [4.69, 9.17) is 11.6 Å². The van der Waals surface area contributed by atoms with Crippen LogP contribution in [0.5, 0.6) is 0 Å². The minimum absolute atomic E-state index is 0.114. The fraction of sp³-hybridized carbons (Fsp3) is 0.235. The monoisotopic (exact) mass is 396 g/mol. The third kappa shape index (κ3) is 3.95. The molecule has 1 aromatic heterocycles. The van der Waals surface area contributed by atoms with Gasteiger partial charge in [0.25, 0.3) is 0 Å². The van der Waals surface area contributed by atoms with Crippen molar-refractivity contribution in [3.63, 3.8) is 0 Å². The lowest BCUT2D eigenvalue weighted by atomic mass is 10.1. The second-order valence-corrected chi connectivity index (χ2v) is 8.82. The highest BCUT2D eigenvalue weighted by Crippen LogP contribution is 2.21. The summed E-state index contributed by atoms with van der Waals surface area (Å²) in [5, 5.41) is 0.690. The van der Waals surface area contributed by atoms with E-state index in [1.165, 1.54) is 16.7 Å². The number of aryl methyl sites for hydroxylation is 2. The zero-order valence-corrected chi connectivity index (χ0v) is 15.9. The minimum Gasteiger partial charge on any atom is -0.302 e. The van der Waals surface area contributed by atoms with Gasteiger partial charge < -0.3 is 4.57 Å². The number of rotatable bonds is 6. The maximum absolute atomic E-state index is 12.4. The molecule has 0 fully saturated rings. The summed E-state index contributed by atoms with van der Waals surface area (Å²) in [7, 11) is -1.94. The Labute approximate surface area is 154 Å². The summed E-state index contributed by atoms with van der Waals surface area (Å²) in [4.78, 5) is 11.7. The number of nitrogens with zero attached hydrogens (tertiary/aromatic N) is 1. The van der Waals surface area contributed by atoms with E-state index in [-0.39, 0.29) is 9.77 Å². The Bertz CT molecular complexity index is 1070. The van der Waals surface area contributed by atoms with Gasteiger partial charge in [-0.05, 0) is 42.7 Å². The maximum atomic E-state index is 12.4. The van der Waals surface area contributed by atoms with E-state index >= 15 is 0 Å². The number of sulfonamides is 1. The summed E-state index contributed by atoms with van der Waals surface area (Å²) in [6.07, 6.45) is 1.34. The lowest BCUT2D eigenvalue weighted by molar-refractivity contribution is 0.579. The van der Waals surface area contributed by atoms with Gasteiger partial charge in [-0.3, -0.25) is 4.79 Å². The number of halogens is 1. The quantitative estimate of drug-likeness (QED) is 0.651.